The zero-order chi connectivity index (χ0) is 24.9. The van der Waals surface area contributed by atoms with Crippen LogP contribution in [-0.2, 0) is 4.79 Å². The number of carboxylic acid groups (broad SMARTS) is 1. The number of hydrogen-bond donors (Lipinski definition) is 2. The third kappa shape index (κ3) is 3.00. The highest BCUT2D eigenvalue weighted by Gasteiger charge is 2.68. The monoisotopic (exact) mass is 470 g/mol. The van der Waals surface area contributed by atoms with Gasteiger partial charge in [-0.2, -0.15) is 0 Å². The molecule has 0 heterocycles. The molecule has 2 N–H and O–H groups in total. The molecule has 0 aromatic rings. The molecular weight excluding hydrogens is 420 g/mol. The summed E-state index contributed by atoms with van der Waals surface area (Å²) in [7, 11) is 0. The third-order valence-electron chi connectivity index (χ3n) is 13.6. The zero-order valence-corrected chi connectivity index (χ0v) is 22.9. The quantitative estimate of drug-likeness (QED) is 0.411. The predicted octanol–water partition coefficient (Wildman–Crippen LogP) is 7.48. The lowest BCUT2D eigenvalue weighted by molar-refractivity contribution is -0.205. The normalized spacial score (nSPS) is 54.1. The van der Waals surface area contributed by atoms with Crippen molar-refractivity contribution in [3.63, 3.8) is 0 Å². The molecule has 4 saturated carbocycles. The summed E-state index contributed by atoms with van der Waals surface area (Å²) in [5.41, 5.74) is 2.25. The molecule has 0 spiro atoms. The number of carbonyl (C=O) groups is 1. The Hall–Kier alpha value is -0.830. The Morgan fingerprint density at radius 1 is 0.941 bits per heavy atom. The Balaban J connectivity index is 1.60. The molecule has 0 radical (unpaired) electrons. The third-order valence-corrected chi connectivity index (χ3v) is 13.6. The summed E-state index contributed by atoms with van der Waals surface area (Å²) >= 11 is 0. The van der Waals surface area contributed by atoms with Crippen molar-refractivity contribution in [3.05, 3.63) is 11.6 Å². The molecule has 5 rings (SSSR count). The van der Waals surface area contributed by atoms with E-state index in [0.717, 1.165) is 38.5 Å². The van der Waals surface area contributed by atoms with Gasteiger partial charge in [0, 0.05) is 0 Å². The average molecular weight is 471 g/mol. The van der Waals surface area contributed by atoms with Crippen molar-refractivity contribution in [3.8, 4) is 0 Å². The van der Waals surface area contributed by atoms with Gasteiger partial charge in [0.15, 0.2) is 0 Å². The molecule has 0 amide bonds. The summed E-state index contributed by atoms with van der Waals surface area (Å²) in [6.07, 6.45) is 12.9. The Kier molecular flexibility index (Phi) is 5.55. The van der Waals surface area contributed by atoms with Crippen LogP contribution in [0, 0.1) is 56.7 Å². The topological polar surface area (TPSA) is 57.5 Å². The highest BCUT2D eigenvalue weighted by molar-refractivity contribution is 5.68. The maximum Gasteiger partial charge on any atom is 0.303 e. The van der Waals surface area contributed by atoms with E-state index in [1.807, 2.05) is 0 Å². The maximum atomic E-state index is 12.1. The Morgan fingerprint density at radius 2 is 1.65 bits per heavy atom. The lowest BCUT2D eigenvalue weighted by Gasteiger charge is -2.71. The molecule has 0 aliphatic heterocycles. The van der Waals surface area contributed by atoms with E-state index in [9.17, 15) is 15.0 Å². The van der Waals surface area contributed by atoms with Gasteiger partial charge >= 0.3 is 5.97 Å². The lowest BCUT2D eigenvalue weighted by Crippen LogP contribution is -2.65. The van der Waals surface area contributed by atoms with Gasteiger partial charge in [0.1, 0.15) is 0 Å². The second kappa shape index (κ2) is 7.59. The largest absolute Gasteiger partial charge is 0.481 e. The van der Waals surface area contributed by atoms with Crippen LogP contribution in [0.2, 0.25) is 0 Å². The van der Waals surface area contributed by atoms with Gasteiger partial charge in [-0.15, -0.1) is 0 Å². The van der Waals surface area contributed by atoms with E-state index in [4.69, 9.17) is 0 Å². The van der Waals surface area contributed by atoms with E-state index >= 15 is 0 Å². The van der Waals surface area contributed by atoms with Crippen LogP contribution in [0.25, 0.3) is 0 Å². The van der Waals surface area contributed by atoms with Gasteiger partial charge in [-0.05, 0) is 114 Å². The van der Waals surface area contributed by atoms with Crippen LogP contribution in [0.4, 0.5) is 0 Å². The Morgan fingerprint density at radius 3 is 2.32 bits per heavy atom. The van der Waals surface area contributed by atoms with Crippen molar-refractivity contribution >= 4 is 5.97 Å². The first kappa shape index (κ1) is 24.8. The molecular formula is C31H50O3. The van der Waals surface area contributed by atoms with Gasteiger partial charge in [0.25, 0.3) is 0 Å². The molecule has 3 heteroatoms. The fourth-order valence-corrected chi connectivity index (χ4v) is 11.2. The molecule has 10 atom stereocenters. The summed E-state index contributed by atoms with van der Waals surface area (Å²) < 4.78 is 0. The van der Waals surface area contributed by atoms with Gasteiger partial charge in [-0.25, -0.2) is 0 Å². The van der Waals surface area contributed by atoms with Crippen molar-refractivity contribution in [1.82, 2.24) is 0 Å². The average Bonchev–Trinajstić information content (AvgIpc) is 2.74. The number of aliphatic hydroxyl groups excluding tert-OH is 1. The SMILES string of the molecule is C[C@H]1[C@H](C)CC[C@]2(CC(=O)O)CC[C@]3(C)C(=CC[C@@H]4[C@@]5(C)CC[C@H](O)C(C)(C)[C@@H]5CC[C@]43C)[C@H]12. The van der Waals surface area contributed by atoms with Crippen LogP contribution >= 0.6 is 0 Å². The standard InChI is InChI=1S/C31H50O3/c1-19-10-15-31(18-25(33)34)17-16-29(6)21(26(31)20(19)2)8-9-23-28(5)13-12-24(32)27(3,4)22(28)11-14-30(23,29)7/h8,19-20,22-24,26,32H,9-18H2,1-7H3,(H,33,34)/t19-,20+,22+,23-,24+,26+,28+,29-,30-,31-/m1/s1. The summed E-state index contributed by atoms with van der Waals surface area (Å²) in [4.78, 5) is 12.1. The Labute approximate surface area is 208 Å². The van der Waals surface area contributed by atoms with Crippen molar-refractivity contribution in [2.24, 2.45) is 56.7 Å². The minimum absolute atomic E-state index is 0.0181. The second-order valence-corrected chi connectivity index (χ2v) is 15.0. The van der Waals surface area contributed by atoms with Crippen LogP contribution in [-0.4, -0.2) is 22.3 Å². The molecule has 0 aromatic heterocycles. The van der Waals surface area contributed by atoms with Crippen molar-refractivity contribution < 1.29 is 15.0 Å². The molecule has 34 heavy (non-hydrogen) atoms. The molecule has 0 unspecified atom stereocenters. The van der Waals surface area contributed by atoms with Gasteiger partial charge in [-0.1, -0.05) is 60.1 Å². The maximum absolute atomic E-state index is 12.1. The highest BCUT2D eigenvalue weighted by atomic mass is 16.4. The Bertz CT molecular complexity index is 889. The second-order valence-electron chi connectivity index (χ2n) is 15.0. The van der Waals surface area contributed by atoms with Gasteiger partial charge in [0.05, 0.1) is 12.5 Å². The van der Waals surface area contributed by atoms with Crippen LogP contribution in [0.1, 0.15) is 113 Å². The van der Waals surface area contributed by atoms with Gasteiger partial charge < -0.3 is 10.2 Å². The number of rotatable bonds is 2. The van der Waals surface area contributed by atoms with Crippen LogP contribution in [0.5, 0.6) is 0 Å². The number of fused-ring (bicyclic) bond motifs is 7. The van der Waals surface area contributed by atoms with Gasteiger partial charge in [-0.3, -0.25) is 4.79 Å². The number of aliphatic hydroxyl groups is 1. The zero-order valence-electron chi connectivity index (χ0n) is 22.9. The molecule has 5 aliphatic rings. The molecule has 0 bridgehead atoms. The minimum Gasteiger partial charge on any atom is -0.481 e. The molecule has 192 valence electrons. The lowest BCUT2D eigenvalue weighted by atomic mass is 9.33. The number of allylic oxidation sites excluding steroid dienone is 2. The highest BCUT2D eigenvalue weighted by Crippen LogP contribution is 2.76. The van der Waals surface area contributed by atoms with Crippen molar-refractivity contribution in [1.29, 1.82) is 0 Å². The smallest absolute Gasteiger partial charge is 0.303 e. The number of hydrogen-bond acceptors (Lipinski definition) is 2. The van der Waals surface area contributed by atoms with Crippen molar-refractivity contribution in [2.75, 3.05) is 0 Å². The molecule has 0 saturated heterocycles. The first-order chi connectivity index (χ1) is 15.7. The summed E-state index contributed by atoms with van der Waals surface area (Å²) in [6, 6.07) is 0. The van der Waals surface area contributed by atoms with Crippen LogP contribution < -0.4 is 0 Å². The summed E-state index contributed by atoms with van der Waals surface area (Å²) in [5, 5.41) is 20.9. The fourth-order valence-electron chi connectivity index (χ4n) is 11.2. The number of aliphatic carboxylic acids is 1. The van der Waals surface area contributed by atoms with E-state index in [2.05, 4.69) is 54.5 Å². The van der Waals surface area contributed by atoms with E-state index < -0.39 is 5.97 Å². The summed E-state index contributed by atoms with van der Waals surface area (Å²) in [6.45, 7) is 17.2. The van der Waals surface area contributed by atoms with E-state index in [-0.39, 0.29) is 33.2 Å². The van der Waals surface area contributed by atoms with Crippen LogP contribution in [0.15, 0.2) is 11.6 Å². The van der Waals surface area contributed by atoms with Crippen molar-refractivity contribution in [2.45, 2.75) is 119 Å². The molecule has 4 fully saturated rings. The van der Waals surface area contributed by atoms with Crippen LogP contribution in [0.3, 0.4) is 0 Å². The first-order valence-corrected chi connectivity index (χ1v) is 14.3. The summed E-state index contributed by atoms with van der Waals surface area (Å²) in [5.74, 6) is 2.24. The number of carboxylic acids is 1. The molecule has 5 aliphatic carbocycles. The first-order valence-electron chi connectivity index (χ1n) is 14.3. The van der Waals surface area contributed by atoms with E-state index in [1.165, 1.54) is 19.3 Å². The minimum atomic E-state index is -0.605. The molecule has 0 aromatic carbocycles. The van der Waals surface area contributed by atoms with E-state index in [0.29, 0.717) is 36.0 Å². The van der Waals surface area contributed by atoms with Gasteiger partial charge in [0.2, 0.25) is 0 Å². The van der Waals surface area contributed by atoms with E-state index in [1.54, 1.807) is 5.57 Å². The molecule has 3 nitrogen and oxygen atoms in total. The fraction of sp³-hybridized carbons (Fsp3) is 0.903. The predicted molar refractivity (Wildman–Crippen MR) is 137 cm³/mol.